The zero-order valence-corrected chi connectivity index (χ0v) is 19.0. The van der Waals surface area contributed by atoms with Crippen LogP contribution in [0.2, 0.25) is 10.0 Å². The third kappa shape index (κ3) is 11.9. The normalized spacial score (nSPS) is 10.4. The Kier molecular flexibility index (Phi) is 13.5. The van der Waals surface area contributed by atoms with Crippen molar-refractivity contribution in [2.75, 3.05) is 33.0 Å². The Morgan fingerprint density at radius 2 is 1.61 bits per heavy atom. The van der Waals surface area contributed by atoms with Gasteiger partial charge in [0.2, 0.25) is 0 Å². The van der Waals surface area contributed by atoms with Crippen molar-refractivity contribution >= 4 is 52.1 Å². The summed E-state index contributed by atoms with van der Waals surface area (Å²) in [6, 6.07) is 3.28. The lowest BCUT2D eigenvalue weighted by atomic mass is 10.2. The third-order valence-electron chi connectivity index (χ3n) is 3.20. The number of benzene rings is 1. The van der Waals surface area contributed by atoms with Gasteiger partial charge in [-0.1, -0.05) is 51.6 Å². The molecule has 0 radical (unpaired) electrons. The van der Waals surface area contributed by atoms with Crippen LogP contribution in [0.4, 0.5) is 0 Å². The van der Waals surface area contributed by atoms with Crippen molar-refractivity contribution in [2.24, 2.45) is 5.16 Å². The van der Waals surface area contributed by atoms with Crippen molar-refractivity contribution in [3.8, 4) is 11.5 Å². The summed E-state index contributed by atoms with van der Waals surface area (Å²) in [7, 11) is 0. The van der Waals surface area contributed by atoms with Crippen molar-refractivity contribution in [2.45, 2.75) is 33.1 Å². The van der Waals surface area contributed by atoms with E-state index in [-0.39, 0.29) is 11.1 Å². The fourth-order valence-electron chi connectivity index (χ4n) is 1.99. The molecular formula is C19H25Cl4NO4. The maximum Gasteiger partial charge on any atom is 0.156 e. The van der Waals surface area contributed by atoms with Gasteiger partial charge in [0.25, 0.3) is 0 Å². The Bertz CT molecular complexity index is 622. The SMILES string of the molecule is CC(C)=NOCCOCCCCCOc1c(Cl)cc(OCC=C(Cl)Cl)cc1Cl. The summed E-state index contributed by atoms with van der Waals surface area (Å²) in [5.41, 5.74) is 0.885. The fraction of sp³-hybridized carbons (Fsp3) is 0.526. The van der Waals surface area contributed by atoms with E-state index >= 15 is 0 Å². The second-order valence-corrected chi connectivity index (χ2v) is 7.74. The highest BCUT2D eigenvalue weighted by Crippen LogP contribution is 2.37. The van der Waals surface area contributed by atoms with E-state index < -0.39 is 0 Å². The summed E-state index contributed by atoms with van der Waals surface area (Å²) < 4.78 is 16.8. The molecular weight excluding hydrogens is 448 g/mol. The van der Waals surface area contributed by atoms with Gasteiger partial charge in [0, 0.05) is 18.7 Å². The zero-order chi connectivity index (χ0) is 20.8. The van der Waals surface area contributed by atoms with Crippen LogP contribution in [-0.4, -0.2) is 38.7 Å². The van der Waals surface area contributed by atoms with Gasteiger partial charge in [-0.3, -0.25) is 0 Å². The van der Waals surface area contributed by atoms with Gasteiger partial charge in [0.05, 0.1) is 29.0 Å². The third-order valence-corrected chi connectivity index (χ3v) is 4.08. The molecule has 1 aromatic rings. The van der Waals surface area contributed by atoms with Gasteiger partial charge in [-0.15, -0.1) is 0 Å². The summed E-state index contributed by atoms with van der Waals surface area (Å²) in [5, 5.41) is 4.60. The highest BCUT2D eigenvalue weighted by atomic mass is 35.5. The highest BCUT2D eigenvalue weighted by Gasteiger charge is 2.10. The van der Waals surface area contributed by atoms with Gasteiger partial charge >= 0.3 is 0 Å². The van der Waals surface area contributed by atoms with E-state index in [0.29, 0.717) is 48.0 Å². The van der Waals surface area contributed by atoms with Gasteiger partial charge in [0.15, 0.2) is 5.75 Å². The number of nitrogens with zero attached hydrogens (tertiary/aromatic N) is 1. The monoisotopic (exact) mass is 471 g/mol. The minimum atomic E-state index is 0.136. The number of unbranched alkanes of at least 4 members (excludes halogenated alkanes) is 2. The van der Waals surface area contributed by atoms with E-state index in [1.165, 1.54) is 6.08 Å². The van der Waals surface area contributed by atoms with Crippen LogP contribution >= 0.6 is 46.4 Å². The summed E-state index contributed by atoms with van der Waals surface area (Å²) >= 11 is 23.5. The fourth-order valence-corrected chi connectivity index (χ4v) is 2.69. The topological polar surface area (TPSA) is 49.3 Å². The lowest BCUT2D eigenvalue weighted by molar-refractivity contribution is 0.0488. The van der Waals surface area contributed by atoms with Crippen molar-refractivity contribution in [3.05, 3.63) is 32.7 Å². The Morgan fingerprint density at radius 3 is 2.25 bits per heavy atom. The summed E-state index contributed by atoms with van der Waals surface area (Å²) in [6.07, 6.45) is 4.29. The first-order valence-electron chi connectivity index (χ1n) is 8.87. The molecule has 0 N–H and O–H groups in total. The highest BCUT2D eigenvalue weighted by molar-refractivity contribution is 6.55. The average Bonchev–Trinajstić information content (AvgIpc) is 2.61. The van der Waals surface area contributed by atoms with Crippen LogP contribution in [0.1, 0.15) is 33.1 Å². The average molecular weight is 473 g/mol. The van der Waals surface area contributed by atoms with Gasteiger partial charge in [-0.2, -0.15) is 0 Å². The van der Waals surface area contributed by atoms with E-state index in [9.17, 15) is 0 Å². The molecule has 0 bridgehead atoms. The Labute approximate surface area is 186 Å². The Balaban J connectivity index is 2.19. The van der Waals surface area contributed by atoms with E-state index in [1.54, 1.807) is 12.1 Å². The molecule has 0 unspecified atom stereocenters. The van der Waals surface area contributed by atoms with Crippen LogP contribution in [-0.2, 0) is 9.57 Å². The molecule has 9 heteroatoms. The molecule has 0 aliphatic heterocycles. The number of ether oxygens (including phenoxy) is 3. The molecule has 0 saturated carbocycles. The first kappa shape index (κ1) is 25.2. The largest absolute Gasteiger partial charge is 0.490 e. The molecule has 1 rings (SSSR count). The minimum absolute atomic E-state index is 0.136. The first-order valence-corrected chi connectivity index (χ1v) is 10.4. The van der Waals surface area contributed by atoms with E-state index in [0.717, 1.165) is 25.0 Å². The maximum absolute atomic E-state index is 6.22. The van der Waals surface area contributed by atoms with Gasteiger partial charge in [0.1, 0.15) is 23.5 Å². The van der Waals surface area contributed by atoms with Crippen LogP contribution in [0.5, 0.6) is 11.5 Å². The molecule has 0 heterocycles. The lowest BCUT2D eigenvalue weighted by Gasteiger charge is -2.12. The maximum atomic E-state index is 6.22. The lowest BCUT2D eigenvalue weighted by Crippen LogP contribution is -2.04. The quantitative estimate of drug-likeness (QED) is 0.172. The molecule has 0 amide bonds. The molecule has 0 atom stereocenters. The molecule has 0 spiro atoms. The van der Waals surface area contributed by atoms with E-state index in [4.69, 9.17) is 65.5 Å². The molecule has 0 aromatic heterocycles. The minimum Gasteiger partial charge on any atom is -0.490 e. The van der Waals surface area contributed by atoms with E-state index in [1.807, 2.05) is 13.8 Å². The molecule has 5 nitrogen and oxygen atoms in total. The van der Waals surface area contributed by atoms with Gasteiger partial charge in [-0.05, 0) is 39.2 Å². The van der Waals surface area contributed by atoms with Gasteiger partial charge < -0.3 is 19.0 Å². The van der Waals surface area contributed by atoms with Gasteiger partial charge in [-0.25, -0.2) is 0 Å². The summed E-state index contributed by atoms with van der Waals surface area (Å²) in [5.74, 6) is 0.955. The predicted molar refractivity (Wildman–Crippen MR) is 117 cm³/mol. The molecule has 0 fully saturated rings. The van der Waals surface area contributed by atoms with Crippen LogP contribution in [0.3, 0.4) is 0 Å². The summed E-state index contributed by atoms with van der Waals surface area (Å²) in [4.78, 5) is 5.05. The standard InChI is InChI=1S/C19H25Cl4NO4/c1-14(2)24-28-11-10-25-7-4-3-5-8-27-19-16(20)12-15(13-17(19)21)26-9-6-18(22)23/h6,12-13H,3-5,7-11H2,1-2H3. The first-order chi connectivity index (χ1) is 13.4. The zero-order valence-electron chi connectivity index (χ0n) is 16.0. The van der Waals surface area contributed by atoms with Crippen LogP contribution in [0, 0.1) is 0 Å². The molecule has 1 aromatic carbocycles. The number of halogens is 4. The number of oxime groups is 1. The molecule has 28 heavy (non-hydrogen) atoms. The van der Waals surface area contributed by atoms with Crippen LogP contribution < -0.4 is 9.47 Å². The molecule has 0 aliphatic carbocycles. The number of rotatable bonds is 14. The number of hydrogen-bond donors (Lipinski definition) is 0. The smallest absolute Gasteiger partial charge is 0.156 e. The number of hydrogen-bond acceptors (Lipinski definition) is 5. The second-order valence-electron chi connectivity index (χ2n) is 5.91. The molecule has 0 saturated heterocycles. The van der Waals surface area contributed by atoms with Crippen molar-refractivity contribution in [3.63, 3.8) is 0 Å². The Morgan fingerprint density at radius 1 is 0.929 bits per heavy atom. The molecule has 0 aliphatic rings. The Hall–Kier alpha value is -0.850. The van der Waals surface area contributed by atoms with Crippen molar-refractivity contribution in [1.82, 2.24) is 0 Å². The van der Waals surface area contributed by atoms with E-state index in [2.05, 4.69) is 5.16 Å². The predicted octanol–water partition coefficient (Wildman–Crippen LogP) is 6.67. The second kappa shape index (κ2) is 15.1. The van der Waals surface area contributed by atoms with Crippen molar-refractivity contribution in [1.29, 1.82) is 0 Å². The van der Waals surface area contributed by atoms with Crippen molar-refractivity contribution < 1.29 is 19.0 Å². The molecule has 158 valence electrons. The van der Waals surface area contributed by atoms with Crippen LogP contribution in [0.25, 0.3) is 0 Å². The van der Waals surface area contributed by atoms with Crippen LogP contribution in [0.15, 0.2) is 27.9 Å². The summed E-state index contributed by atoms with van der Waals surface area (Å²) in [6.45, 7) is 6.14.